The van der Waals surface area contributed by atoms with Crippen molar-refractivity contribution in [3.63, 3.8) is 0 Å². The Bertz CT molecular complexity index is 462. The molecule has 0 spiro atoms. The minimum absolute atomic E-state index is 0.206. The molecule has 1 atom stereocenters. The van der Waals surface area contributed by atoms with E-state index in [0.717, 1.165) is 0 Å². The standard InChI is InChI=1S/C12H17N3O4/c1-7(2)10(12(17)18)15-9(16)5-19-11-8(3)4-13-6-14-11/h4,6-7,10H,5H2,1-3H3,(H,15,16)(H,17,18)/t10-/m0/s1. The topological polar surface area (TPSA) is 101 Å². The quantitative estimate of drug-likeness (QED) is 0.773. The molecule has 1 rings (SSSR count). The number of hydrogen-bond donors (Lipinski definition) is 2. The third-order valence-corrected chi connectivity index (χ3v) is 2.44. The first kappa shape index (κ1) is 14.9. The van der Waals surface area contributed by atoms with Gasteiger partial charge in [-0.2, -0.15) is 0 Å². The van der Waals surface area contributed by atoms with Crippen LogP contribution < -0.4 is 10.1 Å². The second kappa shape index (κ2) is 6.67. The molecule has 1 amide bonds. The Labute approximate surface area is 111 Å². The van der Waals surface area contributed by atoms with Crippen LogP contribution in [0.2, 0.25) is 0 Å². The molecule has 0 aliphatic carbocycles. The minimum atomic E-state index is -1.07. The van der Waals surface area contributed by atoms with Gasteiger partial charge >= 0.3 is 5.97 Å². The van der Waals surface area contributed by atoms with Gasteiger partial charge < -0.3 is 15.2 Å². The predicted octanol–water partition coefficient (Wildman–Crippen LogP) is 0.389. The number of ether oxygens (including phenoxy) is 1. The van der Waals surface area contributed by atoms with E-state index in [4.69, 9.17) is 9.84 Å². The third-order valence-electron chi connectivity index (χ3n) is 2.44. The van der Waals surface area contributed by atoms with E-state index in [9.17, 15) is 9.59 Å². The number of amides is 1. The molecule has 1 aromatic heterocycles. The molecule has 0 radical (unpaired) electrons. The third kappa shape index (κ3) is 4.53. The lowest BCUT2D eigenvalue weighted by Gasteiger charge is -2.17. The molecule has 7 nitrogen and oxygen atoms in total. The summed E-state index contributed by atoms with van der Waals surface area (Å²) in [7, 11) is 0. The normalized spacial score (nSPS) is 12.0. The zero-order chi connectivity index (χ0) is 14.4. The molecule has 7 heteroatoms. The monoisotopic (exact) mass is 267 g/mol. The number of carbonyl (C=O) groups is 2. The fourth-order valence-electron chi connectivity index (χ4n) is 1.40. The summed E-state index contributed by atoms with van der Waals surface area (Å²) in [5.41, 5.74) is 0.703. The number of nitrogens with one attached hydrogen (secondary N) is 1. The molecule has 0 aliphatic heterocycles. The van der Waals surface area contributed by atoms with Crippen molar-refractivity contribution in [2.24, 2.45) is 5.92 Å². The van der Waals surface area contributed by atoms with E-state index in [1.54, 1.807) is 27.0 Å². The van der Waals surface area contributed by atoms with Crippen molar-refractivity contribution in [2.45, 2.75) is 26.8 Å². The van der Waals surface area contributed by atoms with Gasteiger partial charge in [0.1, 0.15) is 12.4 Å². The molecular weight excluding hydrogens is 250 g/mol. The van der Waals surface area contributed by atoms with Gasteiger partial charge in [-0.3, -0.25) is 4.79 Å². The van der Waals surface area contributed by atoms with Crippen LogP contribution in [0.3, 0.4) is 0 Å². The van der Waals surface area contributed by atoms with Crippen LogP contribution in [0, 0.1) is 12.8 Å². The Hall–Kier alpha value is -2.18. The maximum Gasteiger partial charge on any atom is 0.326 e. The maximum atomic E-state index is 11.6. The molecule has 2 N–H and O–H groups in total. The van der Waals surface area contributed by atoms with Gasteiger partial charge in [0.15, 0.2) is 6.61 Å². The lowest BCUT2D eigenvalue weighted by atomic mass is 10.1. The smallest absolute Gasteiger partial charge is 0.326 e. The molecule has 104 valence electrons. The highest BCUT2D eigenvalue weighted by atomic mass is 16.5. The Kier molecular flexibility index (Phi) is 5.23. The first-order chi connectivity index (χ1) is 8.91. The van der Waals surface area contributed by atoms with Crippen LogP contribution >= 0.6 is 0 Å². The van der Waals surface area contributed by atoms with Crippen molar-refractivity contribution in [1.82, 2.24) is 15.3 Å². The maximum absolute atomic E-state index is 11.6. The number of carboxylic acid groups (broad SMARTS) is 1. The number of carbonyl (C=O) groups excluding carboxylic acids is 1. The molecule has 0 fully saturated rings. The Morgan fingerprint density at radius 2 is 2.16 bits per heavy atom. The van der Waals surface area contributed by atoms with E-state index in [2.05, 4.69) is 15.3 Å². The van der Waals surface area contributed by atoms with Crippen LogP contribution in [0.5, 0.6) is 5.88 Å². The molecule has 0 bridgehead atoms. The van der Waals surface area contributed by atoms with Crippen LogP contribution in [-0.4, -0.2) is 39.6 Å². The van der Waals surface area contributed by atoms with Crippen LogP contribution in [0.4, 0.5) is 0 Å². The van der Waals surface area contributed by atoms with E-state index < -0.39 is 17.9 Å². The highest BCUT2D eigenvalue weighted by Crippen LogP contribution is 2.10. The van der Waals surface area contributed by atoms with Crippen LogP contribution in [0.1, 0.15) is 19.4 Å². The Balaban J connectivity index is 2.52. The van der Waals surface area contributed by atoms with Gasteiger partial charge in [-0.15, -0.1) is 0 Å². The highest BCUT2D eigenvalue weighted by Gasteiger charge is 2.23. The lowest BCUT2D eigenvalue weighted by Crippen LogP contribution is -2.46. The average molecular weight is 267 g/mol. The second-order valence-corrected chi connectivity index (χ2v) is 4.43. The summed E-state index contributed by atoms with van der Waals surface area (Å²) < 4.78 is 5.20. The van der Waals surface area contributed by atoms with Gasteiger partial charge in [-0.25, -0.2) is 14.8 Å². The molecule has 1 heterocycles. The first-order valence-corrected chi connectivity index (χ1v) is 5.83. The fourth-order valence-corrected chi connectivity index (χ4v) is 1.40. The number of hydrogen-bond acceptors (Lipinski definition) is 5. The fraction of sp³-hybridized carbons (Fsp3) is 0.500. The molecule has 19 heavy (non-hydrogen) atoms. The summed E-state index contributed by atoms with van der Waals surface area (Å²) in [5.74, 6) is -1.47. The minimum Gasteiger partial charge on any atom is -0.480 e. The van der Waals surface area contributed by atoms with Gasteiger partial charge in [-0.1, -0.05) is 13.8 Å². The molecule has 0 aliphatic rings. The van der Waals surface area contributed by atoms with Gasteiger partial charge in [-0.05, 0) is 12.8 Å². The van der Waals surface area contributed by atoms with Gasteiger partial charge in [0, 0.05) is 11.8 Å². The van der Waals surface area contributed by atoms with Gasteiger partial charge in [0.2, 0.25) is 5.88 Å². The number of carboxylic acids is 1. The first-order valence-electron chi connectivity index (χ1n) is 5.83. The van der Waals surface area contributed by atoms with Gasteiger partial charge in [0.05, 0.1) is 0 Å². The zero-order valence-corrected chi connectivity index (χ0v) is 11.1. The Morgan fingerprint density at radius 1 is 1.47 bits per heavy atom. The van der Waals surface area contributed by atoms with Crippen molar-refractivity contribution in [3.05, 3.63) is 18.1 Å². The summed E-state index contributed by atoms with van der Waals surface area (Å²) in [6.45, 7) is 4.90. The molecule has 1 aromatic rings. The van der Waals surface area contributed by atoms with Crippen molar-refractivity contribution in [2.75, 3.05) is 6.61 Å². The van der Waals surface area contributed by atoms with E-state index in [1.807, 2.05) is 0 Å². The number of aryl methyl sites for hydroxylation is 1. The Morgan fingerprint density at radius 3 is 2.68 bits per heavy atom. The lowest BCUT2D eigenvalue weighted by molar-refractivity contribution is -0.143. The van der Waals surface area contributed by atoms with Crippen LogP contribution in [0.15, 0.2) is 12.5 Å². The molecule has 0 unspecified atom stereocenters. The average Bonchev–Trinajstić information content (AvgIpc) is 2.34. The number of nitrogens with zero attached hydrogens (tertiary/aromatic N) is 2. The number of rotatable bonds is 6. The van der Waals surface area contributed by atoms with Crippen molar-refractivity contribution in [1.29, 1.82) is 0 Å². The van der Waals surface area contributed by atoms with E-state index in [-0.39, 0.29) is 12.5 Å². The predicted molar refractivity (Wildman–Crippen MR) is 66.7 cm³/mol. The summed E-state index contributed by atoms with van der Waals surface area (Å²) >= 11 is 0. The number of aliphatic carboxylic acids is 1. The molecule has 0 aromatic carbocycles. The summed E-state index contributed by atoms with van der Waals surface area (Å²) in [5, 5.41) is 11.3. The van der Waals surface area contributed by atoms with E-state index >= 15 is 0 Å². The largest absolute Gasteiger partial charge is 0.480 e. The van der Waals surface area contributed by atoms with Crippen molar-refractivity contribution >= 4 is 11.9 Å². The van der Waals surface area contributed by atoms with Gasteiger partial charge in [0.25, 0.3) is 5.91 Å². The second-order valence-electron chi connectivity index (χ2n) is 4.43. The number of aromatic nitrogens is 2. The van der Waals surface area contributed by atoms with Crippen molar-refractivity contribution in [3.8, 4) is 5.88 Å². The molecule has 0 saturated carbocycles. The molecular formula is C12H17N3O4. The molecule has 0 saturated heterocycles. The van der Waals surface area contributed by atoms with E-state index in [0.29, 0.717) is 11.4 Å². The van der Waals surface area contributed by atoms with Crippen molar-refractivity contribution < 1.29 is 19.4 Å². The van der Waals surface area contributed by atoms with Crippen LogP contribution in [0.25, 0.3) is 0 Å². The van der Waals surface area contributed by atoms with Crippen LogP contribution in [-0.2, 0) is 9.59 Å². The SMILES string of the molecule is Cc1cncnc1OCC(=O)N[C@H](C(=O)O)C(C)C. The summed E-state index contributed by atoms with van der Waals surface area (Å²) in [4.78, 5) is 30.2. The summed E-state index contributed by atoms with van der Waals surface area (Å²) in [6, 6.07) is -0.928. The highest BCUT2D eigenvalue weighted by molar-refractivity contribution is 5.84. The summed E-state index contributed by atoms with van der Waals surface area (Å²) in [6.07, 6.45) is 2.88. The van der Waals surface area contributed by atoms with E-state index in [1.165, 1.54) is 6.33 Å². The zero-order valence-electron chi connectivity index (χ0n) is 11.1.